The van der Waals surface area contributed by atoms with Crippen LogP contribution >= 0.6 is 11.3 Å². The van der Waals surface area contributed by atoms with Gasteiger partial charge in [0.05, 0.1) is 10.6 Å². The molecule has 1 heterocycles. The number of rotatable bonds is 3. The van der Waals surface area contributed by atoms with Crippen LogP contribution in [0.2, 0.25) is 0 Å². The molecule has 0 fully saturated rings. The van der Waals surface area contributed by atoms with Crippen molar-refractivity contribution in [3.63, 3.8) is 0 Å². The normalized spacial score (nSPS) is 16.7. The van der Waals surface area contributed by atoms with E-state index in [1.54, 1.807) is 13.0 Å². The van der Waals surface area contributed by atoms with Crippen molar-refractivity contribution < 1.29 is 9.72 Å². The maximum atomic E-state index is 12.4. The fraction of sp³-hybridized carbons (Fsp3) is 0.333. The molecule has 120 valence electrons. The van der Waals surface area contributed by atoms with Gasteiger partial charge in [-0.25, -0.2) is 4.98 Å². The minimum atomic E-state index is -0.490. The highest BCUT2D eigenvalue weighted by Crippen LogP contribution is 2.30. The number of nitrogens with two attached hydrogens (primary N) is 1. The zero-order valence-electron chi connectivity index (χ0n) is 12.5. The first-order valence-corrected chi connectivity index (χ1v) is 8.07. The van der Waals surface area contributed by atoms with Crippen LogP contribution in [-0.2, 0) is 12.8 Å². The van der Waals surface area contributed by atoms with E-state index in [0.29, 0.717) is 10.7 Å². The maximum Gasteiger partial charge on any atom is 0.273 e. The molecular formula is C15H16N4O3S. The van der Waals surface area contributed by atoms with Crippen LogP contribution in [0.25, 0.3) is 0 Å². The van der Waals surface area contributed by atoms with E-state index < -0.39 is 4.92 Å². The molecule has 3 rings (SSSR count). The molecule has 1 aliphatic carbocycles. The number of aromatic nitrogens is 1. The summed E-state index contributed by atoms with van der Waals surface area (Å²) in [6.45, 7) is 1.57. The fourth-order valence-electron chi connectivity index (χ4n) is 2.69. The molecule has 3 N–H and O–H groups in total. The second kappa shape index (κ2) is 6.05. The number of nitro benzene ring substituents is 1. The van der Waals surface area contributed by atoms with Gasteiger partial charge in [-0.3, -0.25) is 20.2 Å². The van der Waals surface area contributed by atoms with Crippen molar-refractivity contribution in [3.8, 4) is 0 Å². The molecule has 1 amide bonds. The highest BCUT2D eigenvalue weighted by molar-refractivity contribution is 7.15. The Bertz CT molecular complexity index is 787. The molecule has 0 bridgehead atoms. The Kier molecular flexibility index (Phi) is 4.10. The number of hydrogen-bond acceptors (Lipinski definition) is 6. The molecular weight excluding hydrogens is 316 g/mol. The first-order chi connectivity index (χ1) is 11.0. The molecule has 0 saturated carbocycles. The van der Waals surface area contributed by atoms with E-state index in [1.165, 1.54) is 23.5 Å². The van der Waals surface area contributed by atoms with Crippen molar-refractivity contribution in [2.75, 3.05) is 5.32 Å². The number of hydrogen-bond donors (Lipinski definition) is 2. The zero-order chi connectivity index (χ0) is 16.6. The van der Waals surface area contributed by atoms with E-state index >= 15 is 0 Å². The molecule has 7 nitrogen and oxygen atoms in total. The maximum absolute atomic E-state index is 12.4. The quantitative estimate of drug-likeness (QED) is 0.662. The molecule has 0 spiro atoms. The van der Waals surface area contributed by atoms with Gasteiger partial charge >= 0.3 is 0 Å². The second-order valence-electron chi connectivity index (χ2n) is 5.55. The summed E-state index contributed by atoms with van der Waals surface area (Å²) in [5, 5.41) is 14.2. The predicted octanol–water partition coefficient (Wildman–Crippen LogP) is 2.43. The lowest BCUT2D eigenvalue weighted by Crippen LogP contribution is -2.27. The molecule has 2 aromatic rings. The molecule has 1 aromatic carbocycles. The molecule has 8 heteroatoms. The van der Waals surface area contributed by atoms with Crippen molar-refractivity contribution in [3.05, 3.63) is 50.0 Å². The third-order valence-corrected chi connectivity index (χ3v) is 4.98. The summed E-state index contributed by atoms with van der Waals surface area (Å²) < 4.78 is 0. The van der Waals surface area contributed by atoms with Gasteiger partial charge in [-0.05, 0) is 32.3 Å². The van der Waals surface area contributed by atoms with Crippen LogP contribution < -0.4 is 11.1 Å². The van der Waals surface area contributed by atoms with E-state index in [1.807, 2.05) is 0 Å². The van der Waals surface area contributed by atoms with Gasteiger partial charge in [-0.15, -0.1) is 11.3 Å². The molecule has 0 aliphatic heterocycles. The largest absolute Gasteiger partial charge is 0.327 e. The van der Waals surface area contributed by atoms with E-state index in [2.05, 4.69) is 10.3 Å². The van der Waals surface area contributed by atoms with Crippen LogP contribution in [-0.4, -0.2) is 21.9 Å². The lowest BCUT2D eigenvalue weighted by Gasteiger charge is -2.15. The first-order valence-electron chi connectivity index (χ1n) is 7.25. The predicted molar refractivity (Wildman–Crippen MR) is 87.9 cm³/mol. The average molecular weight is 332 g/mol. The van der Waals surface area contributed by atoms with E-state index in [-0.39, 0.29) is 23.2 Å². The van der Waals surface area contributed by atoms with Crippen molar-refractivity contribution in [1.29, 1.82) is 0 Å². The Labute approximate surface area is 136 Å². The fourth-order valence-corrected chi connectivity index (χ4v) is 3.78. The van der Waals surface area contributed by atoms with Gasteiger partial charge in [0.15, 0.2) is 5.13 Å². The van der Waals surface area contributed by atoms with Gasteiger partial charge in [0.1, 0.15) is 0 Å². The number of nitrogens with one attached hydrogen (secondary N) is 1. The van der Waals surface area contributed by atoms with Crippen LogP contribution in [0.5, 0.6) is 0 Å². The standard InChI is InChI=1S/C15H16N4O3S/c1-8-10(3-2-4-12(8)19(21)22)14(20)18-15-17-11-6-5-9(16)7-13(11)23-15/h2-4,9H,5-7,16H2,1H3,(H,17,18,20)/t9-/m0/s1. The monoisotopic (exact) mass is 332 g/mol. The SMILES string of the molecule is Cc1c(C(=O)Nc2nc3c(s2)C[C@@H](N)CC3)cccc1[N+](=O)[O-]. The summed E-state index contributed by atoms with van der Waals surface area (Å²) in [6.07, 6.45) is 2.49. The lowest BCUT2D eigenvalue weighted by molar-refractivity contribution is -0.385. The van der Waals surface area contributed by atoms with Gasteiger partial charge in [0, 0.05) is 28.1 Å². The molecule has 1 aliphatic rings. The van der Waals surface area contributed by atoms with Gasteiger partial charge in [0.2, 0.25) is 0 Å². The lowest BCUT2D eigenvalue weighted by atomic mass is 9.99. The van der Waals surface area contributed by atoms with Crippen LogP contribution in [0.3, 0.4) is 0 Å². The highest BCUT2D eigenvalue weighted by atomic mass is 32.1. The van der Waals surface area contributed by atoms with E-state index in [0.717, 1.165) is 29.8 Å². The van der Waals surface area contributed by atoms with Gasteiger partial charge < -0.3 is 5.73 Å². The van der Waals surface area contributed by atoms with Gasteiger partial charge in [0.25, 0.3) is 11.6 Å². The minimum absolute atomic E-state index is 0.0675. The summed E-state index contributed by atoms with van der Waals surface area (Å²) in [5.41, 5.74) is 7.49. The average Bonchev–Trinajstić information content (AvgIpc) is 2.88. The summed E-state index contributed by atoms with van der Waals surface area (Å²) >= 11 is 1.42. The molecule has 0 radical (unpaired) electrons. The molecule has 23 heavy (non-hydrogen) atoms. The number of amides is 1. The van der Waals surface area contributed by atoms with Crippen LogP contribution in [0, 0.1) is 17.0 Å². The number of fused-ring (bicyclic) bond motifs is 1. The molecule has 1 aromatic heterocycles. The van der Waals surface area contributed by atoms with E-state index in [9.17, 15) is 14.9 Å². The second-order valence-corrected chi connectivity index (χ2v) is 6.64. The topological polar surface area (TPSA) is 111 Å². The molecule has 0 saturated heterocycles. The summed E-state index contributed by atoms with van der Waals surface area (Å²) in [5.74, 6) is -0.387. The first kappa shape index (κ1) is 15.6. The number of aryl methyl sites for hydroxylation is 1. The number of thiazole rings is 1. The summed E-state index contributed by atoms with van der Waals surface area (Å²) in [4.78, 5) is 28.4. The van der Waals surface area contributed by atoms with Gasteiger partial charge in [-0.2, -0.15) is 0 Å². The number of carbonyl (C=O) groups excluding carboxylic acids is 1. The van der Waals surface area contributed by atoms with Gasteiger partial charge in [-0.1, -0.05) is 6.07 Å². The summed E-state index contributed by atoms with van der Waals surface area (Å²) in [7, 11) is 0. The van der Waals surface area contributed by atoms with Crippen molar-refractivity contribution >= 4 is 28.1 Å². The van der Waals surface area contributed by atoms with Crippen LogP contribution in [0.1, 0.15) is 32.9 Å². The van der Waals surface area contributed by atoms with Crippen LogP contribution in [0.4, 0.5) is 10.8 Å². The minimum Gasteiger partial charge on any atom is -0.327 e. The summed E-state index contributed by atoms with van der Waals surface area (Å²) in [6, 6.07) is 4.60. The Hall–Kier alpha value is -2.32. The van der Waals surface area contributed by atoms with E-state index in [4.69, 9.17) is 5.73 Å². The number of nitro groups is 1. The Morgan fingerprint density at radius 2 is 2.30 bits per heavy atom. The number of nitrogens with zero attached hydrogens (tertiary/aromatic N) is 2. The Morgan fingerprint density at radius 1 is 1.52 bits per heavy atom. The number of benzene rings is 1. The highest BCUT2D eigenvalue weighted by Gasteiger charge is 2.22. The van der Waals surface area contributed by atoms with Crippen molar-refractivity contribution in [2.24, 2.45) is 5.73 Å². The Morgan fingerprint density at radius 3 is 3.04 bits per heavy atom. The van der Waals surface area contributed by atoms with Crippen molar-refractivity contribution in [2.45, 2.75) is 32.2 Å². The third kappa shape index (κ3) is 3.08. The zero-order valence-corrected chi connectivity index (χ0v) is 13.4. The Balaban J connectivity index is 1.83. The number of anilines is 1. The molecule has 0 unspecified atom stereocenters. The van der Waals surface area contributed by atoms with Crippen molar-refractivity contribution in [1.82, 2.24) is 4.98 Å². The number of carbonyl (C=O) groups is 1. The smallest absolute Gasteiger partial charge is 0.273 e. The third-order valence-electron chi connectivity index (χ3n) is 3.94. The van der Waals surface area contributed by atoms with Crippen LogP contribution in [0.15, 0.2) is 18.2 Å². The molecule has 1 atom stereocenters.